The van der Waals surface area contributed by atoms with Crippen molar-refractivity contribution in [3.05, 3.63) is 41.5 Å². The highest BCUT2D eigenvalue weighted by molar-refractivity contribution is 6.06. The second kappa shape index (κ2) is 5.84. The summed E-state index contributed by atoms with van der Waals surface area (Å²) in [5.74, 6) is -1.53. The Morgan fingerprint density at radius 1 is 1.29 bits per heavy atom. The third-order valence-electron chi connectivity index (χ3n) is 2.32. The molecule has 0 spiro atoms. The maximum atomic E-state index is 11.6. The zero-order chi connectivity index (χ0) is 12.8. The molecule has 0 heterocycles. The van der Waals surface area contributed by atoms with E-state index in [4.69, 9.17) is 5.11 Å². The van der Waals surface area contributed by atoms with Gasteiger partial charge in [-0.1, -0.05) is 19.1 Å². The Labute approximate surface area is 100.0 Å². The van der Waals surface area contributed by atoms with Crippen LogP contribution in [0.3, 0.4) is 0 Å². The number of carbonyl (C=O) groups is 2. The molecule has 0 aliphatic rings. The van der Waals surface area contributed by atoms with E-state index in [1.807, 2.05) is 19.1 Å². The largest absolute Gasteiger partial charge is 0.478 e. The molecule has 0 aliphatic carbocycles. The molecule has 4 heteroatoms. The summed E-state index contributed by atoms with van der Waals surface area (Å²) in [5, 5.41) is 11.1. The minimum Gasteiger partial charge on any atom is -0.478 e. The first-order valence-corrected chi connectivity index (χ1v) is 5.34. The number of carboxylic acid groups (broad SMARTS) is 1. The molecular formula is C13H15NO3. The number of benzene rings is 1. The first-order chi connectivity index (χ1) is 8.02. The molecule has 0 saturated heterocycles. The molecular weight excluding hydrogens is 218 g/mol. The molecule has 17 heavy (non-hydrogen) atoms. The number of aryl methyl sites for hydroxylation is 1. The van der Waals surface area contributed by atoms with Crippen LogP contribution in [0.1, 0.15) is 19.4 Å². The van der Waals surface area contributed by atoms with Gasteiger partial charge in [0, 0.05) is 17.3 Å². The predicted octanol–water partition coefficient (Wildman–Crippen LogP) is 2.22. The summed E-state index contributed by atoms with van der Waals surface area (Å²) >= 11 is 0. The standard InChI is InChI=1S/C13H15NO3/c1-3-10-4-6-11(7-5-10)14-13(17)9(2)8-12(15)16/h4-8H,3H2,1-2H3,(H,14,17)(H,15,16). The van der Waals surface area contributed by atoms with Crippen LogP contribution in [-0.2, 0) is 16.0 Å². The number of anilines is 1. The van der Waals surface area contributed by atoms with E-state index in [0.29, 0.717) is 5.69 Å². The molecule has 0 bridgehead atoms. The molecule has 4 nitrogen and oxygen atoms in total. The highest BCUT2D eigenvalue weighted by atomic mass is 16.4. The van der Waals surface area contributed by atoms with Crippen molar-refractivity contribution >= 4 is 17.6 Å². The summed E-state index contributed by atoms with van der Waals surface area (Å²) in [6.07, 6.45) is 1.82. The number of aliphatic carboxylic acids is 1. The maximum Gasteiger partial charge on any atom is 0.328 e. The SMILES string of the molecule is CCc1ccc(NC(=O)C(C)=CC(=O)O)cc1. The van der Waals surface area contributed by atoms with Crippen molar-refractivity contribution in [3.8, 4) is 0 Å². The molecule has 0 aliphatic heterocycles. The third-order valence-corrected chi connectivity index (χ3v) is 2.32. The van der Waals surface area contributed by atoms with E-state index in [-0.39, 0.29) is 5.57 Å². The smallest absolute Gasteiger partial charge is 0.328 e. The van der Waals surface area contributed by atoms with Gasteiger partial charge < -0.3 is 10.4 Å². The van der Waals surface area contributed by atoms with Crippen LogP contribution in [0.25, 0.3) is 0 Å². The van der Waals surface area contributed by atoms with Gasteiger partial charge in [-0.05, 0) is 31.0 Å². The zero-order valence-electron chi connectivity index (χ0n) is 9.86. The second-order valence-corrected chi connectivity index (χ2v) is 3.67. The first-order valence-electron chi connectivity index (χ1n) is 5.34. The Bertz CT molecular complexity index is 446. The molecule has 0 fully saturated rings. The van der Waals surface area contributed by atoms with Gasteiger partial charge in [0.15, 0.2) is 0 Å². The Balaban J connectivity index is 2.71. The lowest BCUT2D eigenvalue weighted by atomic mass is 10.1. The van der Waals surface area contributed by atoms with E-state index in [9.17, 15) is 9.59 Å². The predicted molar refractivity (Wildman–Crippen MR) is 65.8 cm³/mol. The summed E-state index contributed by atoms with van der Waals surface area (Å²) in [7, 11) is 0. The number of nitrogens with one attached hydrogen (secondary N) is 1. The van der Waals surface area contributed by atoms with Gasteiger partial charge in [0.25, 0.3) is 5.91 Å². The normalized spacial score (nSPS) is 11.1. The van der Waals surface area contributed by atoms with E-state index < -0.39 is 11.9 Å². The second-order valence-electron chi connectivity index (χ2n) is 3.67. The monoisotopic (exact) mass is 233 g/mol. The summed E-state index contributed by atoms with van der Waals surface area (Å²) < 4.78 is 0. The Kier molecular flexibility index (Phi) is 4.46. The van der Waals surface area contributed by atoms with Crippen molar-refractivity contribution in [1.82, 2.24) is 0 Å². The molecule has 0 radical (unpaired) electrons. The molecule has 0 atom stereocenters. The van der Waals surface area contributed by atoms with Crippen molar-refractivity contribution in [2.24, 2.45) is 0 Å². The van der Waals surface area contributed by atoms with Crippen LogP contribution >= 0.6 is 0 Å². The van der Waals surface area contributed by atoms with Crippen LogP contribution in [0.5, 0.6) is 0 Å². The number of carbonyl (C=O) groups excluding carboxylic acids is 1. The van der Waals surface area contributed by atoms with Gasteiger partial charge in [-0.15, -0.1) is 0 Å². The van der Waals surface area contributed by atoms with Crippen LogP contribution in [0.2, 0.25) is 0 Å². The van der Waals surface area contributed by atoms with Gasteiger partial charge in [-0.3, -0.25) is 4.79 Å². The summed E-state index contributed by atoms with van der Waals surface area (Å²) in [4.78, 5) is 22.0. The minimum absolute atomic E-state index is 0.164. The van der Waals surface area contributed by atoms with Gasteiger partial charge in [0.05, 0.1) is 0 Å². The summed E-state index contributed by atoms with van der Waals surface area (Å²) in [6.45, 7) is 3.51. The molecule has 1 amide bonds. The Hall–Kier alpha value is -2.10. The topological polar surface area (TPSA) is 66.4 Å². The van der Waals surface area contributed by atoms with Gasteiger partial charge in [0.2, 0.25) is 0 Å². The van der Waals surface area contributed by atoms with Gasteiger partial charge in [0.1, 0.15) is 0 Å². The molecule has 90 valence electrons. The molecule has 0 saturated carbocycles. The fourth-order valence-corrected chi connectivity index (χ4v) is 1.30. The number of hydrogen-bond acceptors (Lipinski definition) is 2. The maximum absolute atomic E-state index is 11.6. The van der Waals surface area contributed by atoms with Crippen LogP contribution in [0, 0.1) is 0 Å². The molecule has 1 rings (SSSR count). The van der Waals surface area contributed by atoms with Gasteiger partial charge in [-0.25, -0.2) is 4.79 Å². The van der Waals surface area contributed by atoms with E-state index in [0.717, 1.165) is 12.5 Å². The van der Waals surface area contributed by atoms with Crippen LogP contribution in [0.15, 0.2) is 35.9 Å². The number of amides is 1. The highest BCUT2D eigenvalue weighted by Crippen LogP contribution is 2.11. The van der Waals surface area contributed by atoms with E-state index in [1.54, 1.807) is 12.1 Å². The number of carboxylic acids is 1. The fraction of sp³-hybridized carbons (Fsp3) is 0.231. The van der Waals surface area contributed by atoms with Gasteiger partial charge >= 0.3 is 5.97 Å². The zero-order valence-corrected chi connectivity index (χ0v) is 9.86. The summed E-state index contributed by atoms with van der Waals surface area (Å²) in [6, 6.07) is 7.44. The summed E-state index contributed by atoms with van der Waals surface area (Å²) in [5.41, 5.74) is 2.00. The Morgan fingerprint density at radius 3 is 2.35 bits per heavy atom. The molecule has 1 aromatic carbocycles. The van der Waals surface area contributed by atoms with Crippen LogP contribution < -0.4 is 5.32 Å². The number of hydrogen-bond donors (Lipinski definition) is 2. The van der Waals surface area contributed by atoms with Crippen LogP contribution in [-0.4, -0.2) is 17.0 Å². The first kappa shape index (κ1) is 13.0. The van der Waals surface area contributed by atoms with Crippen molar-refractivity contribution in [2.75, 3.05) is 5.32 Å². The molecule has 2 N–H and O–H groups in total. The van der Waals surface area contributed by atoms with Gasteiger partial charge in [-0.2, -0.15) is 0 Å². The van der Waals surface area contributed by atoms with Crippen molar-refractivity contribution < 1.29 is 14.7 Å². The number of rotatable bonds is 4. The lowest BCUT2D eigenvalue weighted by molar-refractivity contribution is -0.131. The van der Waals surface area contributed by atoms with Crippen LogP contribution in [0.4, 0.5) is 5.69 Å². The molecule has 0 aromatic heterocycles. The average Bonchev–Trinajstić information content (AvgIpc) is 2.29. The quantitative estimate of drug-likeness (QED) is 0.783. The molecule has 0 unspecified atom stereocenters. The average molecular weight is 233 g/mol. The minimum atomic E-state index is -1.13. The lowest BCUT2D eigenvalue weighted by Gasteiger charge is -2.05. The van der Waals surface area contributed by atoms with E-state index >= 15 is 0 Å². The Morgan fingerprint density at radius 2 is 1.88 bits per heavy atom. The van der Waals surface area contributed by atoms with E-state index in [2.05, 4.69) is 5.32 Å². The molecule has 1 aromatic rings. The van der Waals surface area contributed by atoms with Crippen molar-refractivity contribution in [3.63, 3.8) is 0 Å². The lowest BCUT2D eigenvalue weighted by Crippen LogP contribution is -2.13. The van der Waals surface area contributed by atoms with Crippen molar-refractivity contribution in [1.29, 1.82) is 0 Å². The third kappa shape index (κ3) is 4.10. The fourth-order valence-electron chi connectivity index (χ4n) is 1.30. The van der Waals surface area contributed by atoms with E-state index in [1.165, 1.54) is 12.5 Å². The van der Waals surface area contributed by atoms with Crippen molar-refractivity contribution in [2.45, 2.75) is 20.3 Å². The highest BCUT2D eigenvalue weighted by Gasteiger charge is 2.06.